The van der Waals surface area contributed by atoms with Crippen LogP contribution in [0.4, 0.5) is 0 Å². The SMILES string of the molecule is CC=C/C=C\C(C)=O. The van der Waals surface area contributed by atoms with Crippen LogP contribution in [0, 0.1) is 0 Å². The van der Waals surface area contributed by atoms with Crippen molar-refractivity contribution >= 4 is 5.78 Å². The summed E-state index contributed by atoms with van der Waals surface area (Å²) in [5.74, 6) is 0.0862. The molecule has 0 spiro atoms. The van der Waals surface area contributed by atoms with Crippen LogP contribution in [-0.2, 0) is 4.79 Å². The van der Waals surface area contributed by atoms with Gasteiger partial charge in [-0.15, -0.1) is 0 Å². The van der Waals surface area contributed by atoms with Crippen LogP contribution >= 0.6 is 0 Å². The molecule has 0 fully saturated rings. The molecule has 0 aliphatic rings. The van der Waals surface area contributed by atoms with Crippen LogP contribution in [0.3, 0.4) is 0 Å². The van der Waals surface area contributed by atoms with Crippen molar-refractivity contribution in [2.45, 2.75) is 13.8 Å². The van der Waals surface area contributed by atoms with E-state index in [1.165, 1.54) is 13.0 Å². The van der Waals surface area contributed by atoms with Gasteiger partial charge >= 0.3 is 0 Å². The lowest BCUT2D eigenvalue weighted by atomic mass is 10.4. The van der Waals surface area contributed by atoms with E-state index in [2.05, 4.69) is 0 Å². The third-order valence-corrected chi connectivity index (χ3v) is 0.634. The van der Waals surface area contributed by atoms with Crippen molar-refractivity contribution < 1.29 is 4.79 Å². The van der Waals surface area contributed by atoms with Gasteiger partial charge in [0.1, 0.15) is 0 Å². The Morgan fingerprint density at radius 3 is 2.38 bits per heavy atom. The van der Waals surface area contributed by atoms with Crippen molar-refractivity contribution in [2.75, 3.05) is 0 Å². The van der Waals surface area contributed by atoms with Gasteiger partial charge in [0.2, 0.25) is 0 Å². The lowest BCUT2D eigenvalue weighted by Crippen LogP contribution is -1.76. The molecule has 0 bridgehead atoms. The van der Waals surface area contributed by atoms with Crippen LogP contribution < -0.4 is 0 Å². The first-order valence-corrected chi connectivity index (χ1v) is 2.57. The Morgan fingerprint density at radius 2 is 2.00 bits per heavy atom. The third kappa shape index (κ3) is 5.15. The molecule has 0 aliphatic carbocycles. The van der Waals surface area contributed by atoms with Crippen LogP contribution in [0.25, 0.3) is 0 Å². The Kier molecular flexibility index (Phi) is 3.85. The summed E-state index contributed by atoms with van der Waals surface area (Å²) < 4.78 is 0. The molecule has 0 unspecified atom stereocenters. The highest BCUT2D eigenvalue weighted by atomic mass is 16.1. The Bertz CT molecular complexity index is 120. The van der Waals surface area contributed by atoms with E-state index in [-0.39, 0.29) is 5.78 Å². The smallest absolute Gasteiger partial charge is 0.152 e. The van der Waals surface area contributed by atoms with Gasteiger partial charge in [-0.2, -0.15) is 0 Å². The maximum Gasteiger partial charge on any atom is 0.152 e. The quantitative estimate of drug-likeness (QED) is 0.390. The number of carbonyl (C=O) groups is 1. The molecule has 8 heavy (non-hydrogen) atoms. The van der Waals surface area contributed by atoms with E-state index in [0.29, 0.717) is 0 Å². The van der Waals surface area contributed by atoms with Gasteiger partial charge in [-0.1, -0.05) is 18.2 Å². The van der Waals surface area contributed by atoms with Crippen LogP contribution in [0.15, 0.2) is 24.3 Å². The van der Waals surface area contributed by atoms with E-state index in [1.54, 1.807) is 6.08 Å². The van der Waals surface area contributed by atoms with Crippen LogP contribution in [0.1, 0.15) is 13.8 Å². The number of carbonyl (C=O) groups excluding carboxylic acids is 1. The second-order valence-corrected chi connectivity index (χ2v) is 1.50. The fourth-order valence-corrected chi connectivity index (χ4v) is 0.302. The zero-order valence-electron chi connectivity index (χ0n) is 5.22. The summed E-state index contributed by atoms with van der Waals surface area (Å²) in [5.41, 5.74) is 0. The van der Waals surface area contributed by atoms with E-state index in [9.17, 15) is 4.79 Å². The van der Waals surface area contributed by atoms with Crippen molar-refractivity contribution in [1.29, 1.82) is 0 Å². The van der Waals surface area contributed by atoms with E-state index in [4.69, 9.17) is 0 Å². The Morgan fingerprint density at radius 1 is 1.38 bits per heavy atom. The van der Waals surface area contributed by atoms with Gasteiger partial charge in [0.05, 0.1) is 0 Å². The normalized spacial score (nSPS) is 11.2. The number of hydrogen-bond donors (Lipinski definition) is 0. The molecule has 0 rings (SSSR count). The molecule has 1 nitrogen and oxygen atoms in total. The van der Waals surface area contributed by atoms with Gasteiger partial charge in [0, 0.05) is 0 Å². The molecule has 0 amide bonds. The van der Waals surface area contributed by atoms with E-state index in [1.807, 2.05) is 19.1 Å². The van der Waals surface area contributed by atoms with Crippen molar-refractivity contribution in [3.63, 3.8) is 0 Å². The number of rotatable bonds is 2. The Hall–Kier alpha value is -0.850. The molecule has 0 N–H and O–H groups in total. The molecule has 0 aromatic rings. The van der Waals surface area contributed by atoms with Gasteiger partial charge in [-0.25, -0.2) is 0 Å². The Labute approximate surface area is 49.7 Å². The second-order valence-electron chi connectivity index (χ2n) is 1.50. The standard InChI is InChI=1S/C7H10O/c1-3-4-5-6-7(2)8/h3-6H,1-2H3/b4-3?,6-5-. The average Bonchev–Trinajstić information content (AvgIpc) is 1.66. The van der Waals surface area contributed by atoms with Crippen LogP contribution in [0.5, 0.6) is 0 Å². The van der Waals surface area contributed by atoms with Crippen LogP contribution in [-0.4, -0.2) is 5.78 Å². The van der Waals surface area contributed by atoms with Crippen molar-refractivity contribution in [2.24, 2.45) is 0 Å². The predicted molar refractivity (Wildman–Crippen MR) is 34.6 cm³/mol. The monoisotopic (exact) mass is 110 g/mol. The van der Waals surface area contributed by atoms with Crippen molar-refractivity contribution in [3.05, 3.63) is 24.3 Å². The summed E-state index contributed by atoms with van der Waals surface area (Å²) in [6, 6.07) is 0. The van der Waals surface area contributed by atoms with Crippen LogP contribution in [0.2, 0.25) is 0 Å². The molecule has 44 valence electrons. The molecule has 0 aliphatic heterocycles. The van der Waals surface area contributed by atoms with Crippen molar-refractivity contribution in [1.82, 2.24) is 0 Å². The molecule has 0 aromatic carbocycles. The summed E-state index contributed by atoms with van der Waals surface area (Å²) in [5, 5.41) is 0. The maximum atomic E-state index is 10.2. The molecule has 0 saturated heterocycles. The van der Waals surface area contributed by atoms with Crippen molar-refractivity contribution in [3.8, 4) is 0 Å². The van der Waals surface area contributed by atoms with E-state index in [0.717, 1.165) is 0 Å². The number of allylic oxidation sites excluding steroid dienone is 4. The zero-order chi connectivity index (χ0) is 6.41. The first kappa shape index (κ1) is 7.15. The van der Waals surface area contributed by atoms with Gasteiger partial charge in [0.15, 0.2) is 5.78 Å². The molecule has 0 radical (unpaired) electrons. The summed E-state index contributed by atoms with van der Waals surface area (Å²) >= 11 is 0. The van der Waals surface area contributed by atoms with Gasteiger partial charge in [0.25, 0.3) is 0 Å². The molecular formula is C7H10O. The van der Waals surface area contributed by atoms with Gasteiger partial charge in [-0.05, 0) is 19.9 Å². The minimum atomic E-state index is 0.0862. The highest BCUT2D eigenvalue weighted by molar-refractivity contribution is 5.87. The fraction of sp³-hybridized carbons (Fsp3) is 0.286. The molecule has 0 heterocycles. The average molecular weight is 110 g/mol. The lowest BCUT2D eigenvalue weighted by Gasteiger charge is -1.72. The van der Waals surface area contributed by atoms with Gasteiger partial charge in [-0.3, -0.25) is 4.79 Å². The maximum absolute atomic E-state index is 10.2. The molecule has 0 atom stereocenters. The fourth-order valence-electron chi connectivity index (χ4n) is 0.302. The summed E-state index contributed by atoms with van der Waals surface area (Å²) in [6.45, 7) is 3.43. The molecule has 0 aromatic heterocycles. The molecular weight excluding hydrogens is 100 g/mol. The first-order valence-electron chi connectivity index (χ1n) is 2.57. The minimum Gasteiger partial charge on any atom is -0.295 e. The molecule has 0 saturated carbocycles. The Balaban J connectivity index is 3.50. The van der Waals surface area contributed by atoms with E-state index < -0.39 is 0 Å². The highest BCUT2D eigenvalue weighted by Gasteiger charge is 1.74. The highest BCUT2D eigenvalue weighted by Crippen LogP contribution is 1.76. The molecule has 1 heteroatoms. The first-order chi connectivity index (χ1) is 3.77. The predicted octanol–water partition coefficient (Wildman–Crippen LogP) is 1.71. The minimum absolute atomic E-state index is 0.0862. The summed E-state index contributed by atoms with van der Waals surface area (Å²) in [4.78, 5) is 10.2. The van der Waals surface area contributed by atoms with Gasteiger partial charge < -0.3 is 0 Å². The number of ketones is 1. The third-order valence-electron chi connectivity index (χ3n) is 0.634. The summed E-state index contributed by atoms with van der Waals surface area (Å²) in [6.07, 6.45) is 6.95. The lowest BCUT2D eigenvalue weighted by molar-refractivity contribution is -0.112. The largest absolute Gasteiger partial charge is 0.295 e. The van der Waals surface area contributed by atoms with E-state index >= 15 is 0 Å². The second kappa shape index (κ2) is 4.31. The summed E-state index contributed by atoms with van der Waals surface area (Å²) in [7, 11) is 0. The topological polar surface area (TPSA) is 17.1 Å². The zero-order valence-corrected chi connectivity index (χ0v) is 5.22. The number of hydrogen-bond acceptors (Lipinski definition) is 1.